The molecule has 0 radical (unpaired) electrons. The topological polar surface area (TPSA) is 9.23 Å². The summed E-state index contributed by atoms with van der Waals surface area (Å²) in [5, 5.41) is 0. The van der Waals surface area contributed by atoms with Crippen LogP contribution in [0.3, 0.4) is 0 Å². The van der Waals surface area contributed by atoms with Crippen molar-refractivity contribution in [1.29, 1.82) is 0 Å². The minimum Gasteiger partial charge on any atom is -0.490 e. The zero-order valence-corrected chi connectivity index (χ0v) is 20.6. The maximum absolute atomic E-state index is 14.7. The molecule has 0 spiro atoms. The Labute approximate surface area is 195 Å². The summed E-state index contributed by atoms with van der Waals surface area (Å²) in [7, 11) is 0. The lowest BCUT2D eigenvalue weighted by atomic mass is 9.74. The van der Waals surface area contributed by atoms with Crippen LogP contribution in [-0.2, 0) is 0 Å². The number of unbranched alkanes of at least 4 members (excludes halogenated alkanes) is 3. The van der Waals surface area contributed by atoms with Gasteiger partial charge in [0.2, 0.25) is 5.82 Å². The highest BCUT2D eigenvalue weighted by Gasteiger charge is 2.28. The molecular formula is C29H46F2O. The van der Waals surface area contributed by atoms with Crippen molar-refractivity contribution in [3.63, 3.8) is 0 Å². The van der Waals surface area contributed by atoms with Crippen LogP contribution in [0, 0.1) is 29.4 Å². The standard InChI is InChI=1S/C29H46F2O/c1-3-5-7-8-22-9-11-23(12-10-22)13-14-24-15-17-25(18-16-24)26-19-20-27(29(31)28(26)30)32-21-6-4-2/h19-20,22-25H,3-18,21H2,1-2H3/t22?,23?,24-,25-. The molecule has 0 atom stereocenters. The molecule has 32 heavy (non-hydrogen) atoms. The Bertz CT molecular complexity index is 657. The van der Waals surface area contributed by atoms with E-state index < -0.39 is 11.6 Å². The third kappa shape index (κ3) is 7.45. The first-order chi connectivity index (χ1) is 15.6. The fraction of sp³-hybridized carbons (Fsp3) is 0.793. The van der Waals surface area contributed by atoms with Crippen LogP contribution in [0.5, 0.6) is 5.75 Å². The fourth-order valence-corrected chi connectivity index (χ4v) is 6.03. The summed E-state index contributed by atoms with van der Waals surface area (Å²) < 4.78 is 34.6. The van der Waals surface area contributed by atoms with Gasteiger partial charge in [-0.25, -0.2) is 4.39 Å². The first kappa shape index (κ1) is 25.5. The van der Waals surface area contributed by atoms with Crippen molar-refractivity contribution in [1.82, 2.24) is 0 Å². The molecule has 2 fully saturated rings. The summed E-state index contributed by atoms with van der Waals surface area (Å²) >= 11 is 0. The van der Waals surface area contributed by atoms with Gasteiger partial charge in [0.15, 0.2) is 11.6 Å². The first-order valence-corrected chi connectivity index (χ1v) is 13.7. The normalized spacial score (nSPS) is 26.2. The van der Waals surface area contributed by atoms with Crippen LogP contribution in [-0.4, -0.2) is 6.61 Å². The number of rotatable bonds is 12. The molecule has 1 aromatic carbocycles. The molecule has 182 valence electrons. The molecule has 2 aliphatic carbocycles. The second kappa shape index (κ2) is 13.6. The lowest BCUT2D eigenvalue weighted by Gasteiger charge is -2.32. The van der Waals surface area contributed by atoms with E-state index in [2.05, 4.69) is 13.8 Å². The predicted octanol–water partition coefficient (Wildman–Crippen LogP) is 9.58. The molecule has 0 heterocycles. The van der Waals surface area contributed by atoms with Gasteiger partial charge in [-0.3, -0.25) is 0 Å². The zero-order chi connectivity index (χ0) is 22.8. The van der Waals surface area contributed by atoms with Gasteiger partial charge in [-0.1, -0.05) is 90.5 Å². The average molecular weight is 449 g/mol. The molecular weight excluding hydrogens is 402 g/mol. The third-order valence-electron chi connectivity index (χ3n) is 8.28. The van der Waals surface area contributed by atoms with Gasteiger partial charge in [0.1, 0.15) is 0 Å². The minimum absolute atomic E-state index is 0.0634. The molecule has 0 saturated heterocycles. The highest BCUT2D eigenvalue weighted by atomic mass is 19.2. The Kier molecular flexibility index (Phi) is 10.8. The molecule has 0 aliphatic heterocycles. The van der Waals surface area contributed by atoms with E-state index in [1.807, 2.05) is 0 Å². The van der Waals surface area contributed by atoms with Crippen molar-refractivity contribution < 1.29 is 13.5 Å². The maximum atomic E-state index is 14.7. The Hall–Kier alpha value is -1.12. The number of benzene rings is 1. The Balaban J connectivity index is 1.38. The smallest absolute Gasteiger partial charge is 0.200 e. The van der Waals surface area contributed by atoms with Gasteiger partial charge in [-0.2, -0.15) is 4.39 Å². The quantitative estimate of drug-likeness (QED) is 0.289. The SMILES string of the molecule is CCCCCC1CCC(CC[C@H]2CC[C@H](c3ccc(OCCCC)c(F)c3F)CC2)CC1. The van der Waals surface area contributed by atoms with Gasteiger partial charge in [0.25, 0.3) is 0 Å². The van der Waals surface area contributed by atoms with Gasteiger partial charge >= 0.3 is 0 Å². The van der Waals surface area contributed by atoms with Crippen LogP contribution >= 0.6 is 0 Å². The zero-order valence-electron chi connectivity index (χ0n) is 20.6. The highest BCUT2D eigenvalue weighted by Crippen LogP contribution is 2.41. The summed E-state index contributed by atoms with van der Waals surface area (Å²) in [6, 6.07) is 3.40. The van der Waals surface area contributed by atoms with Crippen LogP contribution < -0.4 is 4.74 Å². The number of halogens is 2. The summed E-state index contributed by atoms with van der Waals surface area (Å²) in [5.41, 5.74) is 0.560. The van der Waals surface area contributed by atoms with E-state index in [4.69, 9.17) is 4.74 Å². The van der Waals surface area contributed by atoms with E-state index in [1.165, 1.54) is 64.2 Å². The van der Waals surface area contributed by atoms with Crippen molar-refractivity contribution in [2.24, 2.45) is 17.8 Å². The second-order valence-corrected chi connectivity index (χ2v) is 10.7. The van der Waals surface area contributed by atoms with E-state index in [0.29, 0.717) is 12.2 Å². The van der Waals surface area contributed by atoms with E-state index in [0.717, 1.165) is 56.3 Å². The molecule has 2 saturated carbocycles. The summed E-state index contributed by atoms with van der Waals surface area (Å²) in [6.45, 7) is 4.79. The maximum Gasteiger partial charge on any atom is 0.200 e. The second-order valence-electron chi connectivity index (χ2n) is 10.7. The van der Waals surface area contributed by atoms with E-state index in [9.17, 15) is 8.78 Å². The van der Waals surface area contributed by atoms with Crippen LogP contribution in [0.4, 0.5) is 8.78 Å². The molecule has 0 amide bonds. The Morgan fingerprint density at radius 1 is 0.688 bits per heavy atom. The van der Waals surface area contributed by atoms with E-state index >= 15 is 0 Å². The number of hydrogen-bond donors (Lipinski definition) is 0. The lowest BCUT2D eigenvalue weighted by molar-refractivity contribution is 0.221. The highest BCUT2D eigenvalue weighted by molar-refractivity contribution is 5.33. The summed E-state index contributed by atoms with van der Waals surface area (Å²) in [6.07, 6.45) is 20.2. The number of ether oxygens (including phenoxy) is 1. The van der Waals surface area contributed by atoms with Gasteiger partial charge in [0.05, 0.1) is 6.61 Å². The van der Waals surface area contributed by atoms with Gasteiger partial charge in [-0.15, -0.1) is 0 Å². The first-order valence-electron chi connectivity index (χ1n) is 13.7. The van der Waals surface area contributed by atoms with Crippen molar-refractivity contribution >= 4 is 0 Å². The van der Waals surface area contributed by atoms with Crippen LogP contribution in [0.2, 0.25) is 0 Å². The summed E-state index contributed by atoms with van der Waals surface area (Å²) in [5.74, 6) is 1.44. The van der Waals surface area contributed by atoms with Crippen molar-refractivity contribution in [3.8, 4) is 5.75 Å². The molecule has 0 N–H and O–H groups in total. The van der Waals surface area contributed by atoms with Crippen molar-refractivity contribution in [2.75, 3.05) is 6.61 Å². The molecule has 0 unspecified atom stereocenters. The monoisotopic (exact) mass is 448 g/mol. The van der Waals surface area contributed by atoms with Crippen LogP contribution in [0.25, 0.3) is 0 Å². The molecule has 0 aromatic heterocycles. The molecule has 3 rings (SSSR count). The predicted molar refractivity (Wildman–Crippen MR) is 130 cm³/mol. The Morgan fingerprint density at radius 3 is 1.84 bits per heavy atom. The lowest BCUT2D eigenvalue weighted by Crippen LogP contribution is -2.18. The fourth-order valence-electron chi connectivity index (χ4n) is 6.03. The van der Waals surface area contributed by atoms with E-state index in [1.54, 1.807) is 12.1 Å². The molecule has 1 aromatic rings. The van der Waals surface area contributed by atoms with Crippen molar-refractivity contribution in [2.45, 2.75) is 122 Å². The largest absolute Gasteiger partial charge is 0.490 e. The van der Waals surface area contributed by atoms with Gasteiger partial charge in [0, 0.05) is 0 Å². The van der Waals surface area contributed by atoms with Crippen LogP contribution in [0.15, 0.2) is 12.1 Å². The third-order valence-corrected chi connectivity index (χ3v) is 8.28. The van der Waals surface area contributed by atoms with Gasteiger partial charge in [-0.05, 0) is 67.4 Å². The summed E-state index contributed by atoms with van der Waals surface area (Å²) in [4.78, 5) is 0. The van der Waals surface area contributed by atoms with Gasteiger partial charge < -0.3 is 4.74 Å². The minimum atomic E-state index is -0.800. The van der Waals surface area contributed by atoms with E-state index in [-0.39, 0.29) is 11.7 Å². The number of hydrogen-bond acceptors (Lipinski definition) is 1. The Morgan fingerprint density at radius 2 is 1.25 bits per heavy atom. The van der Waals surface area contributed by atoms with Crippen LogP contribution in [0.1, 0.15) is 128 Å². The average Bonchev–Trinajstić information content (AvgIpc) is 2.82. The molecule has 3 heteroatoms. The molecule has 0 bridgehead atoms. The van der Waals surface area contributed by atoms with Crippen molar-refractivity contribution in [3.05, 3.63) is 29.3 Å². The molecule has 1 nitrogen and oxygen atoms in total. The molecule has 2 aliphatic rings.